The fourth-order valence-electron chi connectivity index (χ4n) is 3.76. The highest BCUT2D eigenvalue weighted by Crippen LogP contribution is 2.41. The monoisotopic (exact) mass is 659 g/mol. The number of halogens is 3. The van der Waals surface area contributed by atoms with E-state index in [-0.39, 0.29) is 36.4 Å². The predicted molar refractivity (Wildman–Crippen MR) is 142 cm³/mol. The van der Waals surface area contributed by atoms with E-state index in [0.717, 1.165) is 28.4 Å². The van der Waals surface area contributed by atoms with E-state index in [0.29, 0.717) is 52.8 Å². The number of hydrogen-bond acceptors (Lipinski definition) is 5. The Bertz CT molecular complexity index is 1050. The molecule has 2 amide bonds. The average Bonchev–Trinajstić information content (AvgIpc) is 2.77. The van der Waals surface area contributed by atoms with E-state index < -0.39 is 0 Å². The molecule has 5 N–H and O–H groups in total. The second kappa shape index (κ2) is 12.9. The van der Waals surface area contributed by atoms with Crippen molar-refractivity contribution in [2.24, 2.45) is 5.73 Å². The van der Waals surface area contributed by atoms with Crippen LogP contribution in [-0.4, -0.2) is 36.1 Å². The number of ether oxygens (including phenoxy) is 1. The van der Waals surface area contributed by atoms with Gasteiger partial charge in [0.15, 0.2) is 11.5 Å². The Hall–Kier alpha value is -1.62. The summed E-state index contributed by atoms with van der Waals surface area (Å²) in [6.07, 6.45) is 3.96. The average molecular weight is 662 g/mol. The minimum Gasteiger partial charge on any atom is -0.503 e. The number of rotatable bonds is 4. The van der Waals surface area contributed by atoms with E-state index >= 15 is 0 Å². The van der Waals surface area contributed by atoms with Crippen molar-refractivity contribution in [3.63, 3.8) is 0 Å². The van der Waals surface area contributed by atoms with Crippen LogP contribution >= 0.6 is 47.8 Å². The van der Waals surface area contributed by atoms with Gasteiger partial charge >= 0.3 is 0 Å². The van der Waals surface area contributed by atoms with Gasteiger partial charge in [0.05, 0.1) is 8.95 Å². The molecule has 0 spiro atoms. The Morgan fingerprint density at radius 3 is 2.50 bits per heavy atom. The largest absolute Gasteiger partial charge is 0.503 e. The molecule has 7 nitrogen and oxygen atoms in total. The van der Waals surface area contributed by atoms with E-state index in [1.54, 1.807) is 12.1 Å². The lowest BCUT2D eigenvalue weighted by Gasteiger charge is -2.19. The van der Waals surface area contributed by atoms with Crippen LogP contribution in [0.15, 0.2) is 37.7 Å². The Balaban J connectivity index is 1.89. The molecular weight excluding hydrogens is 634 g/mol. The van der Waals surface area contributed by atoms with Crippen molar-refractivity contribution in [1.82, 2.24) is 10.6 Å². The Morgan fingerprint density at radius 2 is 1.74 bits per heavy atom. The highest BCUT2D eigenvalue weighted by Gasteiger charge is 2.19. The zero-order chi connectivity index (χ0) is 24.7. The molecule has 0 radical (unpaired) electrons. The maximum Gasteiger partial charge on any atom is 0.222 e. The molecule has 184 valence electrons. The molecule has 2 aromatic rings. The molecule has 0 saturated heterocycles. The van der Waals surface area contributed by atoms with Crippen LogP contribution < -0.4 is 21.1 Å². The van der Waals surface area contributed by atoms with Crippen molar-refractivity contribution in [3.05, 3.63) is 48.8 Å². The number of aryl methyl sites for hydroxylation is 1. The summed E-state index contributed by atoms with van der Waals surface area (Å²) < 4.78 is 8.03. The molecule has 0 aliphatic carbocycles. The lowest BCUT2D eigenvalue weighted by Crippen LogP contribution is -2.39. The number of carbonyl (C=O) groups excluding carboxylic acids is 2. The van der Waals surface area contributed by atoms with Crippen molar-refractivity contribution in [2.45, 2.75) is 51.0 Å². The van der Waals surface area contributed by atoms with Gasteiger partial charge in [0.2, 0.25) is 11.8 Å². The molecule has 0 saturated carbocycles. The lowest BCUT2D eigenvalue weighted by molar-refractivity contribution is -0.123. The Labute approximate surface area is 224 Å². The second-order valence-corrected chi connectivity index (χ2v) is 10.8. The van der Waals surface area contributed by atoms with Crippen molar-refractivity contribution in [3.8, 4) is 17.2 Å². The van der Waals surface area contributed by atoms with Crippen LogP contribution in [0.1, 0.15) is 43.2 Å². The van der Waals surface area contributed by atoms with Crippen LogP contribution in [0.4, 0.5) is 0 Å². The van der Waals surface area contributed by atoms with Gasteiger partial charge < -0.3 is 26.2 Å². The summed E-state index contributed by atoms with van der Waals surface area (Å²) in [7, 11) is 0. The first-order valence-electron chi connectivity index (χ1n) is 11.2. The number of amides is 2. The quantitative estimate of drug-likeness (QED) is 0.342. The molecule has 0 unspecified atom stereocenters. The van der Waals surface area contributed by atoms with Crippen molar-refractivity contribution in [2.75, 3.05) is 13.1 Å². The van der Waals surface area contributed by atoms with Crippen molar-refractivity contribution < 1.29 is 19.4 Å². The number of nitrogens with two attached hydrogens (primary N) is 1. The number of phenols is 1. The van der Waals surface area contributed by atoms with Gasteiger partial charge in [0.1, 0.15) is 5.75 Å². The van der Waals surface area contributed by atoms with Crippen LogP contribution in [0.3, 0.4) is 0 Å². The van der Waals surface area contributed by atoms with E-state index in [4.69, 9.17) is 10.5 Å². The van der Waals surface area contributed by atoms with E-state index in [1.165, 1.54) is 0 Å². The smallest absolute Gasteiger partial charge is 0.222 e. The summed E-state index contributed by atoms with van der Waals surface area (Å²) in [4.78, 5) is 25.2. The molecule has 0 aromatic heterocycles. The Morgan fingerprint density at radius 1 is 0.941 bits per heavy atom. The summed E-state index contributed by atoms with van der Waals surface area (Å²) in [6.45, 7) is 1.00. The standard InChI is InChI=1S/C24H28Br3N3O4/c25-17-13-20-18(26)11-15(17)4-5-22(31)30-16(3-1-2-7-28)12-23(32)29-8-6-14-9-19(27)24(33)21(10-14)34-20/h9-11,13,16,33H,1-8,12,28H2,(H,29,32)(H,30,31)/t16-/m0/s1. The maximum atomic E-state index is 12.7. The summed E-state index contributed by atoms with van der Waals surface area (Å²) in [5.41, 5.74) is 7.43. The van der Waals surface area contributed by atoms with Crippen LogP contribution in [0.25, 0.3) is 0 Å². The topological polar surface area (TPSA) is 114 Å². The van der Waals surface area contributed by atoms with Gasteiger partial charge in [0.25, 0.3) is 0 Å². The number of carbonyl (C=O) groups is 2. The van der Waals surface area contributed by atoms with Gasteiger partial charge in [-0.05, 0) is 99.5 Å². The second-order valence-electron chi connectivity index (χ2n) is 8.25. The zero-order valence-corrected chi connectivity index (χ0v) is 23.4. The van der Waals surface area contributed by atoms with Gasteiger partial charge in [-0.15, -0.1) is 0 Å². The zero-order valence-electron chi connectivity index (χ0n) is 18.6. The van der Waals surface area contributed by atoms with Crippen LogP contribution in [-0.2, 0) is 22.4 Å². The molecule has 1 atom stereocenters. The number of aromatic hydroxyl groups is 1. The van der Waals surface area contributed by atoms with Crippen LogP contribution in [0.2, 0.25) is 0 Å². The Kier molecular flexibility index (Phi) is 10.2. The summed E-state index contributed by atoms with van der Waals surface area (Å²) in [5, 5.41) is 16.5. The van der Waals surface area contributed by atoms with Gasteiger partial charge in [-0.25, -0.2) is 0 Å². The summed E-state index contributed by atoms with van der Waals surface area (Å²) >= 11 is 10.5. The van der Waals surface area contributed by atoms with E-state index in [1.807, 2.05) is 12.1 Å². The van der Waals surface area contributed by atoms with Crippen molar-refractivity contribution in [1.29, 1.82) is 0 Å². The maximum absolute atomic E-state index is 12.7. The molecule has 2 aliphatic heterocycles. The molecule has 34 heavy (non-hydrogen) atoms. The SMILES string of the molecule is NCCCC[C@H]1CC(=O)NCCc2cc(Br)c(O)c(c2)Oc2cc(Br)c(cc2Br)CCC(=O)N1. The summed E-state index contributed by atoms with van der Waals surface area (Å²) in [5.74, 6) is 0.603. The van der Waals surface area contributed by atoms with Crippen LogP contribution in [0.5, 0.6) is 17.2 Å². The molecule has 2 heterocycles. The van der Waals surface area contributed by atoms with Gasteiger partial charge in [-0.2, -0.15) is 0 Å². The van der Waals surface area contributed by atoms with Crippen molar-refractivity contribution >= 4 is 59.6 Å². The van der Waals surface area contributed by atoms with E-state index in [9.17, 15) is 14.7 Å². The minimum absolute atomic E-state index is 0.00807. The number of benzene rings is 2. The number of hydrogen-bond donors (Lipinski definition) is 4. The van der Waals surface area contributed by atoms with E-state index in [2.05, 4.69) is 58.4 Å². The fraction of sp³-hybridized carbons (Fsp3) is 0.417. The summed E-state index contributed by atoms with van der Waals surface area (Å²) in [6, 6.07) is 7.04. The predicted octanol–water partition coefficient (Wildman–Crippen LogP) is 5.08. The van der Waals surface area contributed by atoms with Crippen LogP contribution in [0, 0.1) is 0 Å². The first-order chi connectivity index (χ1) is 16.3. The fourth-order valence-corrected chi connectivity index (χ4v) is 5.24. The highest BCUT2D eigenvalue weighted by molar-refractivity contribution is 9.11. The lowest BCUT2D eigenvalue weighted by atomic mass is 10.0. The van der Waals surface area contributed by atoms with Gasteiger partial charge in [-0.1, -0.05) is 22.4 Å². The first-order valence-corrected chi connectivity index (χ1v) is 13.6. The molecule has 4 bridgehead atoms. The number of phenolic OH excluding ortho intramolecular Hbond substituents is 1. The third kappa shape index (κ3) is 7.69. The third-order valence-corrected chi connectivity index (χ3v) is 7.53. The molecule has 10 heteroatoms. The first kappa shape index (κ1) is 27.0. The molecular formula is C24H28Br3N3O4. The molecule has 2 aliphatic rings. The number of unbranched alkanes of at least 4 members (excludes halogenated alkanes) is 1. The number of fused-ring (bicyclic) bond motifs is 11. The van der Waals surface area contributed by atoms with Gasteiger partial charge in [0, 0.05) is 29.9 Å². The minimum atomic E-state index is -0.238. The molecule has 2 aromatic carbocycles. The molecule has 0 fully saturated rings. The molecule has 4 rings (SSSR count). The number of nitrogens with one attached hydrogen (secondary N) is 2. The van der Waals surface area contributed by atoms with Gasteiger partial charge in [-0.3, -0.25) is 9.59 Å². The highest BCUT2D eigenvalue weighted by atomic mass is 79.9. The third-order valence-electron chi connectivity index (χ3n) is 5.57. The normalized spacial score (nSPS) is 17.4.